The van der Waals surface area contributed by atoms with Crippen LogP contribution < -0.4 is 16.4 Å². The fourth-order valence-electron chi connectivity index (χ4n) is 3.33. The molecule has 1 saturated carbocycles. The first-order valence-electron chi connectivity index (χ1n) is 9.22. The number of primary amides is 1. The molecule has 1 aromatic heterocycles. The summed E-state index contributed by atoms with van der Waals surface area (Å²) in [4.78, 5) is 41.9. The van der Waals surface area contributed by atoms with Gasteiger partial charge >= 0.3 is 0 Å². The summed E-state index contributed by atoms with van der Waals surface area (Å²) in [5.74, 6) is -1.33. The number of rotatable bonds is 8. The molecule has 1 aromatic rings. The predicted octanol–water partition coefficient (Wildman–Crippen LogP) is 0.648. The van der Waals surface area contributed by atoms with Gasteiger partial charge in [-0.2, -0.15) is 0 Å². The van der Waals surface area contributed by atoms with E-state index in [1.165, 1.54) is 23.4 Å². The van der Waals surface area contributed by atoms with Gasteiger partial charge in [0.25, 0.3) is 5.91 Å². The zero-order valence-corrected chi connectivity index (χ0v) is 17.1. The molecule has 0 radical (unpaired) electrons. The second kappa shape index (κ2) is 8.54. The van der Waals surface area contributed by atoms with E-state index in [0.717, 1.165) is 6.42 Å². The third kappa shape index (κ3) is 4.97. The zero-order valence-electron chi connectivity index (χ0n) is 15.6. The van der Waals surface area contributed by atoms with E-state index < -0.39 is 16.3 Å². The molecule has 0 bridgehead atoms. The summed E-state index contributed by atoms with van der Waals surface area (Å²) < 4.78 is -0.761. The molecule has 9 nitrogen and oxygen atoms in total. The first kappa shape index (κ1) is 21.3. The Labute approximate surface area is 177 Å². The van der Waals surface area contributed by atoms with Crippen molar-refractivity contribution in [3.05, 3.63) is 24.0 Å². The Morgan fingerprint density at radius 3 is 2.76 bits per heavy atom. The van der Waals surface area contributed by atoms with E-state index in [2.05, 4.69) is 15.6 Å². The lowest BCUT2D eigenvalue weighted by Gasteiger charge is -2.24. The van der Waals surface area contributed by atoms with Crippen molar-refractivity contribution in [3.63, 3.8) is 0 Å². The molecule has 2 heterocycles. The fourth-order valence-corrected chi connectivity index (χ4v) is 3.86. The number of amides is 3. The molecule has 1 aliphatic heterocycles. The van der Waals surface area contributed by atoms with E-state index >= 15 is 0 Å². The number of pyridine rings is 1. The summed E-state index contributed by atoms with van der Waals surface area (Å²) in [7, 11) is 0. The summed E-state index contributed by atoms with van der Waals surface area (Å²) in [5, 5.41) is 13.5. The number of hydrogen-bond donors (Lipinski definition) is 4. The largest absolute Gasteiger partial charge is 0.374 e. The molecule has 1 saturated heterocycles. The van der Waals surface area contributed by atoms with Crippen molar-refractivity contribution in [3.8, 4) is 0 Å². The zero-order chi connectivity index (χ0) is 21.2. The van der Waals surface area contributed by atoms with Gasteiger partial charge in [0.05, 0.1) is 18.4 Å². The first-order valence-corrected chi connectivity index (χ1v) is 9.98. The maximum atomic E-state index is 12.7. The SMILES string of the molecule is N=C(C(N)=O)c1ccncc1NCC(=O)N1CCC[C@H]1C(=O)NC[C@H]1CC1(Cl)Cl. The topological polar surface area (TPSA) is 141 Å². The first-order chi connectivity index (χ1) is 13.7. The van der Waals surface area contributed by atoms with Crippen LogP contribution in [0.15, 0.2) is 18.5 Å². The molecule has 0 spiro atoms. The molecule has 3 amide bonds. The Kier molecular flexibility index (Phi) is 6.28. The Bertz CT molecular complexity index is 847. The molecule has 156 valence electrons. The molecule has 2 aliphatic rings. The molecule has 2 atom stereocenters. The molecule has 1 aliphatic carbocycles. The minimum atomic E-state index is -0.879. The van der Waals surface area contributed by atoms with Crippen molar-refractivity contribution < 1.29 is 14.4 Å². The van der Waals surface area contributed by atoms with Crippen LogP contribution in [-0.2, 0) is 14.4 Å². The number of alkyl halides is 2. The highest BCUT2D eigenvalue weighted by molar-refractivity contribution is 6.50. The lowest BCUT2D eigenvalue weighted by molar-refractivity contribution is -0.137. The van der Waals surface area contributed by atoms with E-state index in [1.807, 2.05) is 0 Å². The van der Waals surface area contributed by atoms with Gasteiger partial charge in [-0.15, -0.1) is 23.2 Å². The lowest BCUT2D eigenvalue weighted by Crippen LogP contribution is -2.48. The number of carbonyl (C=O) groups excluding carboxylic acids is 3. The van der Waals surface area contributed by atoms with Crippen LogP contribution >= 0.6 is 23.2 Å². The highest BCUT2D eigenvalue weighted by Crippen LogP contribution is 2.52. The molecule has 5 N–H and O–H groups in total. The molecular weight excluding hydrogens is 419 g/mol. The number of aromatic nitrogens is 1. The molecule has 3 rings (SSSR count). The quantitative estimate of drug-likeness (QED) is 0.346. The van der Waals surface area contributed by atoms with Gasteiger partial charge in [0.1, 0.15) is 16.1 Å². The minimum Gasteiger partial charge on any atom is -0.374 e. The summed E-state index contributed by atoms with van der Waals surface area (Å²) in [6.45, 7) is 0.758. The second-order valence-corrected chi connectivity index (χ2v) is 8.71. The number of nitrogens with two attached hydrogens (primary N) is 1. The number of hydrogen-bond acceptors (Lipinski definition) is 6. The molecule has 2 fully saturated rings. The van der Waals surface area contributed by atoms with Crippen molar-refractivity contribution in [2.24, 2.45) is 11.7 Å². The summed E-state index contributed by atoms with van der Waals surface area (Å²) >= 11 is 12.0. The van der Waals surface area contributed by atoms with Crippen LogP contribution in [0.5, 0.6) is 0 Å². The standard InChI is InChI=1S/C18H22Cl2N6O3/c19-18(20)6-10(18)7-25-17(29)13-2-1-5-26(13)14(27)9-24-12-8-23-4-3-11(12)15(21)16(22)28/h3-4,8,10,13,21,24H,1-2,5-7,9H2,(H2,22,28)(H,25,29)/t10-,13+/m1/s1. The van der Waals surface area contributed by atoms with Gasteiger partial charge in [0.2, 0.25) is 11.8 Å². The maximum absolute atomic E-state index is 12.7. The third-order valence-corrected chi connectivity index (χ3v) is 6.05. The van der Waals surface area contributed by atoms with Crippen LogP contribution in [0.2, 0.25) is 0 Å². The Morgan fingerprint density at radius 2 is 2.10 bits per heavy atom. The van der Waals surface area contributed by atoms with Crippen LogP contribution in [0, 0.1) is 11.3 Å². The average Bonchev–Trinajstić information content (AvgIpc) is 3.07. The normalized spacial score (nSPS) is 22.1. The summed E-state index contributed by atoms with van der Waals surface area (Å²) in [6.07, 6.45) is 4.79. The lowest BCUT2D eigenvalue weighted by atomic mass is 10.1. The Balaban J connectivity index is 1.57. The van der Waals surface area contributed by atoms with E-state index in [-0.39, 0.29) is 35.6 Å². The average molecular weight is 441 g/mol. The summed E-state index contributed by atoms with van der Waals surface area (Å²) in [6, 6.07) is 0.929. The number of likely N-dealkylation sites (tertiary alicyclic amines) is 1. The predicted molar refractivity (Wildman–Crippen MR) is 109 cm³/mol. The van der Waals surface area contributed by atoms with Crippen LogP contribution in [0.3, 0.4) is 0 Å². The van der Waals surface area contributed by atoms with Gasteiger partial charge in [0.15, 0.2) is 0 Å². The van der Waals surface area contributed by atoms with Gasteiger partial charge in [-0.3, -0.25) is 24.8 Å². The Morgan fingerprint density at radius 1 is 1.38 bits per heavy atom. The molecule has 0 aromatic carbocycles. The van der Waals surface area contributed by atoms with Gasteiger partial charge in [0, 0.05) is 30.8 Å². The van der Waals surface area contributed by atoms with Crippen molar-refractivity contribution in [2.45, 2.75) is 29.6 Å². The van der Waals surface area contributed by atoms with Crippen LogP contribution in [0.4, 0.5) is 5.69 Å². The van der Waals surface area contributed by atoms with Crippen LogP contribution in [0.1, 0.15) is 24.8 Å². The van der Waals surface area contributed by atoms with Gasteiger partial charge in [-0.25, -0.2) is 0 Å². The highest BCUT2D eigenvalue weighted by atomic mass is 35.5. The molecule has 0 unspecified atom stereocenters. The van der Waals surface area contributed by atoms with E-state index in [0.29, 0.717) is 31.6 Å². The number of nitrogens with one attached hydrogen (secondary N) is 3. The fraction of sp³-hybridized carbons (Fsp3) is 0.500. The van der Waals surface area contributed by atoms with E-state index in [4.69, 9.17) is 34.3 Å². The number of carbonyl (C=O) groups is 3. The number of anilines is 1. The number of halogens is 2. The van der Waals surface area contributed by atoms with Crippen LogP contribution in [-0.4, -0.2) is 63.3 Å². The Hall–Kier alpha value is -2.39. The van der Waals surface area contributed by atoms with E-state index in [1.54, 1.807) is 0 Å². The van der Waals surface area contributed by atoms with Gasteiger partial charge in [-0.1, -0.05) is 0 Å². The summed E-state index contributed by atoms with van der Waals surface area (Å²) in [5.41, 5.74) is 5.39. The van der Waals surface area contributed by atoms with Crippen molar-refractivity contribution >= 4 is 52.3 Å². The monoisotopic (exact) mass is 440 g/mol. The molecule has 11 heteroatoms. The molecule has 29 heavy (non-hydrogen) atoms. The smallest absolute Gasteiger partial charge is 0.267 e. The number of nitrogens with zero attached hydrogens (tertiary/aromatic N) is 2. The minimum absolute atomic E-state index is 0.0339. The van der Waals surface area contributed by atoms with Gasteiger partial charge in [-0.05, 0) is 25.3 Å². The highest BCUT2D eigenvalue weighted by Gasteiger charge is 2.51. The third-order valence-electron chi connectivity index (χ3n) is 5.12. The van der Waals surface area contributed by atoms with Crippen molar-refractivity contribution in [1.82, 2.24) is 15.2 Å². The van der Waals surface area contributed by atoms with Crippen LogP contribution in [0.25, 0.3) is 0 Å². The van der Waals surface area contributed by atoms with Crippen molar-refractivity contribution in [2.75, 3.05) is 25.0 Å². The molecular formula is C18H22Cl2N6O3. The van der Waals surface area contributed by atoms with Crippen molar-refractivity contribution in [1.29, 1.82) is 5.41 Å². The maximum Gasteiger partial charge on any atom is 0.267 e. The second-order valence-electron chi connectivity index (χ2n) is 7.17. The van der Waals surface area contributed by atoms with Gasteiger partial charge < -0.3 is 21.3 Å². The van der Waals surface area contributed by atoms with E-state index in [9.17, 15) is 14.4 Å².